The van der Waals surface area contributed by atoms with Gasteiger partial charge in [-0.3, -0.25) is 0 Å². The summed E-state index contributed by atoms with van der Waals surface area (Å²) in [4.78, 5) is 11.0. The third-order valence-electron chi connectivity index (χ3n) is 1.91. The fourth-order valence-electron chi connectivity index (χ4n) is 0.943. The molecule has 15 heavy (non-hydrogen) atoms. The Kier molecular flexibility index (Phi) is 9.52. The first kappa shape index (κ1) is 14.4. The van der Waals surface area contributed by atoms with Crippen LogP contribution >= 0.6 is 0 Å². The van der Waals surface area contributed by atoms with E-state index in [2.05, 4.69) is 13.5 Å². The summed E-state index contributed by atoms with van der Waals surface area (Å²) in [5.41, 5.74) is 0.464. The normalized spacial score (nSPS) is 10.8. The molecule has 4 heteroatoms. The van der Waals surface area contributed by atoms with E-state index in [9.17, 15) is 4.79 Å². The van der Waals surface area contributed by atoms with Crippen LogP contribution in [0.15, 0.2) is 12.2 Å². The number of ether oxygens (including phenoxy) is 1. The maximum absolute atomic E-state index is 11.0. The standard InChI is InChI=1S/C11H22O3Si/c1-4-5-8-14-15-9-6-7-13-11(12)10(2)3/h2,4-9,15H2,1,3H3. The SMILES string of the molecule is C=C(C)C(=O)OCCC[SiH2]OCCCC. The summed E-state index contributed by atoms with van der Waals surface area (Å²) in [6.45, 7) is 8.72. The van der Waals surface area contributed by atoms with Crippen molar-refractivity contribution >= 4 is 15.7 Å². The van der Waals surface area contributed by atoms with Crippen LogP contribution in [0.1, 0.15) is 33.1 Å². The second-order valence-corrected chi connectivity index (χ2v) is 5.11. The molecule has 0 aromatic carbocycles. The Bertz CT molecular complexity index is 192. The molecule has 0 aliphatic carbocycles. The van der Waals surface area contributed by atoms with E-state index in [4.69, 9.17) is 9.16 Å². The van der Waals surface area contributed by atoms with Gasteiger partial charge in [0.05, 0.1) is 6.61 Å². The molecule has 0 rings (SSSR count). The Morgan fingerprint density at radius 2 is 2.07 bits per heavy atom. The Labute approximate surface area is 94.8 Å². The quantitative estimate of drug-likeness (QED) is 0.262. The van der Waals surface area contributed by atoms with Gasteiger partial charge < -0.3 is 9.16 Å². The zero-order valence-corrected chi connectivity index (χ0v) is 11.3. The van der Waals surface area contributed by atoms with Crippen molar-refractivity contribution in [3.63, 3.8) is 0 Å². The number of carbonyl (C=O) groups is 1. The highest BCUT2D eigenvalue weighted by Gasteiger charge is 2.01. The Morgan fingerprint density at radius 3 is 2.67 bits per heavy atom. The smallest absolute Gasteiger partial charge is 0.333 e. The molecular weight excluding hydrogens is 208 g/mol. The molecular formula is C11H22O3Si. The van der Waals surface area contributed by atoms with Gasteiger partial charge in [0.1, 0.15) is 0 Å². The molecule has 0 bridgehead atoms. The molecule has 0 aromatic heterocycles. The van der Waals surface area contributed by atoms with Crippen molar-refractivity contribution in [3.05, 3.63) is 12.2 Å². The first-order chi connectivity index (χ1) is 7.18. The van der Waals surface area contributed by atoms with Crippen LogP contribution in [0.4, 0.5) is 0 Å². The van der Waals surface area contributed by atoms with Crippen LogP contribution in [-0.4, -0.2) is 28.9 Å². The molecule has 0 aromatic rings. The fourth-order valence-corrected chi connectivity index (χ4v) is 1.96. The predicted molar refractivity (Wildman–Crippen MR) is 64.6 cm³/mol. The molecule has 0 aliphatic rings. The van der Waals surface area contributed by atoms with Gasteiger partial charge in [0.25, 0.3) is 0 Å². The van der Waals surface area contributed by atoms with E-state index >= 15 is 0 Å². The first-order valence-corrected chi connectivity index (χ1v) is 7.16. The fraction of sp³-hybridized carbons (Fsp3) is 0.727. The van der Waals surface area contributed by atoms with E-state index in [0.717, 1.165) is 25.5 Å². The van der Waals surface area contributed by atoms with E-state index in [1.165, 1.54) is 6.42 Å². The predicted octanol–water partition coefficient (Wildman–Crippen LogP) is 1.81. The Morgan fingerprint density at radius 1 is 1.33 bits per heavy atom. The van der Waals surface area contributed by atoms with Crippen molar-refractivity contribution < 1.29 is 14.0 Å². The summed E-state index contributed by atoms with van der Waals surface area (Å²) in [6.07, 6.45) is 3.25. The average Bonchev–Trinajstić information content (AvgIpc) is 2.21. The van der Waals surface area contributed by atoms with E-state index in [0.29, 0.717) is 12.2 Å². The van der Waals surface area contributed by atoms with Gasteiger partial charge in [-0.25, -0.2) is 4.79 Å². The molecule has 0 saturated heterocycles. The summed E-state index contributed by atoms with van der Waals surface area (Å²) in [7, 11) is -0.387. The van der Waals surface area contributed by atoms with Crippen LogP contribution in [0.3, 0.4) is 0 Å². The second-order valence-electron chi connectivity index (χ2n) is 3.59. The van der Waals surface area contributed by atoms with Gasteiger partial charge in [-0.15, -0.1) is 0 Å². The van der Waals surface area contributed by atoms with Gasteiger partial charge in [-0.05, 0) is 25.8 Å². The molecule has 0 saturated carbocycles. The molecule has 0 N–H and O–H groups in total. The molecule has 0 radical (unpaired) electrons. The lowest BCUT2D eigenvalue weighted by Crippen LogP contribution is -2.07. The second kappa shape index (κ2) is 9.92. The monoisotopic (exact) mass is 230 g/mol. The number of hydrogen-bond acceptors (Lipinski definition) is 3. The van der Waals surface area contributed by atoms with Gasteiger partial charge in [-0.1, -0.05) is 19.9 Å². The van der Waals surface area contributed by atoms with E-state index in [-0.39, 0.29) is 15.7 Å². The lowest BCUT2D eigenvalue weighted by atomic mass is 10.4. The van der Waals surface area contributed by atoms with Crippen molar-refractivity contribution in [3.8, 4) is 0 Å². The van der Waals surface area contributed by atoms with E-state index < -0.39 is 0 Å². The zero-order chi connectivity index (χ0) is 11.5. The maximum Gasteiger partial charge on any atom is 0.333 e. The summed E-state index contributed by atoms with van der Waals surface area (Å²) < 4.78 is 10.5. The van der Waals surface area contributed by atoms with Gasteiger partial charge in [0, 0.05) is 12.2 Å². The van der Waals surface area contributed by atoms with Crippen LogP contribution in [0.5, 0.6) is 0 Å². The largest absolute Gasteiger partial charge is 0.462 e. The summed E-state index contributed by atoms with van der Waals surface area (Å²) in [6, 6.07) is 1.08. The third-order valence-corrected chi connectivity index (χ3v) is 3.27. The summed E-state index contributed by atoms with van der Waals surface area (Å²) in [5.74, 6) is -0.288. The molecule has 3 nitrogen and oxygen atoms in total. The lowest BCUT2D eigenvalue weighted by molar-refractivity contribution is -0.138. The van der Waals surface area contributed by atoms with Crippen LogP contribution in [0.25, 0.3) is 0 Å². The number of unbranched alkanes of at least 4 members (excludes halogenated alkanes) is 1. The van der Waals surface area contributed by atoms with Crippen molar-refractivity contribution in [2.75, 3.05) is 13.2 Å². The number of esters is 1. The number of carbonyl (C=O) groups excluding carboxylic acids is 1. The minimum atomic E-state index is -0.387. The Hall–Kier alpha value is -0.613. The lowest BCUT2D eigenvalue weighted by Gasteiger charge is -2.04. The minimum Gasteiger partial charge on any atom is -0.462 e. The number of rotatable bonds is 9. The van der Waals surface area contributed by atoms with Gasteiger partial charge in [0.2, 0.25) is 0 Å². The van der Waals surface area contributed by atoms with Crippen LogP contribution in [0.2, 0.25) is 6.04 Å². The molecule has 0 unspecified atom stereocenters. The highest BCUT2D eigenvalue weighted by Crippen LogP contribution is 1.96. The minimum absolute atomic E-state index is 0.288. The summed E-state index contributed by atoms with van der Waals surface area (Å²) in [5, 5.41) is 0. The highest BCUT2D eigenvalue weighted by atomic mass is 28.2. The van der Waals surface area contributed by atoms with Crippen LogP contribution in [0, 0.1) is 0 Å². The molecule has 0 heterocycles. The van der Waals surface area contributed by atoms with Gasteiger partial charge in [0.15, 0.2) is 9.76 Å². The first-order valence-electron chi connectivity index (χ1n) is 5.58. The molecule has 88 valence electrons. The van der Waals surface area contributed by atoms with Crippen molar-refractivity contribution in [2.24, 2.45) is 0 Å². The third kappa shape index (κ3) is 9.69. The zero-order valence-electron chi connectivity index (χ0n) is 9.88. The molecule has 0 aliphatic heterocycles. The topological polar surface area (TPSA) is 35.5 Å². The molecule has 0 fully saturated rings. The van der Waals surface area contributed by atoms with Crippen LogP contribution in [-0.2, 0) is 14.0 Å². The Balaban J connectivity index is 3.11. The molecule has 0 amide bonds. The molecule has 0 atom stereocenters. The van der Waals surface area contributed by atoms with Crippen molar-refractivity contribution in [1.82, 2.24) is 0 Å². The van der Waals surface area contributed by atoms with Gasteiger partial charge >= 0.3 is 5.97 Å². The van der Waals surface area contributed by atoms with Crippen LogP contribution < -0.4 is 0 Å². The van der Waals surface area contributed by atoms with Gasteiger partial charge in [-0.2, -0.15) is 0 Å². The average molecular weight is 230 g/mol. The molecule has 0 spiro atoms. The van der Waals surface area contributed by atoms with Crippen molar-refractivity contribution in [2.45, 2.75) is 39.2 Å². The van der Waals surface area contributed by atoms with Crippen molar-refractivity contribution in [1.29, 1.82) is 0 Å². The maximum atomic E-state index is 11.0. The highest BCUT2D eigenvalue weighted by molar-refractivity contribution is 6.26. The van der Waals surface area contributed by atoms with E-state index in [1.807, 2.05) is 0 Å². The van der Waals surface area contributed by atoms with E-state index in [1.54, 1.807) is 6.92 Å². The summed E-state index contributed by atoms with van der Waals surface area (Å²) >= 11 is 0. The number of hydrogen-bond donors (Lipinski definition) is 0.